The van der Waals surface area contributed by atoms with Gasteiger partial charge in [-0.3, -0.25) is 14.5 Å². The molecule has 0 heterocycles. The Labute approximate surface area is 116 Å². The fourth-order valence-corrected chi connectivity index (χ4v) is 1.90. The second kappa shape index (κ2) is 6.51. The van der Waals surface area contributed by atoms with Crippen LogP contribution < -0.4 is 0 Å². The van der Waals surface area contributed by atoms with Crippen molar-refractivity contribution in [3.63, 3.8) is 0 Å². The van der Waals surface area contributed by atoms with E-state index in [1.807, 2.05) is 0 Å². The quantitative estimate of drug-likeness (QED) is 0.501. The molecule has 19 heavy (non-hydrogen) atoms. The molecule has 0 saturated heterocycles. The first-order valence-corrected chi connectivity index (χ1v) is 7.23. The first-order chi connectivity index (χ1) is 8.78. The number of nitrogens with zero attached hydrogens (tertiary/aromatic N) is 1. The summed E-state index contributed by atoms with van der Waals surface area (Å²) in [5.41, 5.74) is -1.05. The van der Waals surface area contributed by atoms with E-state index in [0.717, 1.165) is 12.5 Å². The summed E-state index contributed by atoms with van der Waals surface area (Å²) < 4.78 is 4.99. The molecule has 0 aromatic carbocycles. The highest BCUT2D eigenvalue weighted by atomic mass is 16.5. The molecule has 4 heteroatoms. The van der Waals surface area contributed by atoms with Crippen LogP contribution in [0.5, 0.6) is 0 Å². The maximum absolute atomic E-state index is 12.4. The van der Waals surface area contributed by atoms with Crippen LogP contribution in [0.1, 0.15) is 47.5 Å². The van der Waals surface area contributed by atoms with Crippen LogP contribution in [-0.4, -0.2) is 42.4 Å². The standard InChI is InChI=1S/C15H27NO3/c1-6-19-14(18)15(4,5)13(17)10-16(11(2)3)9-12-7-8-12/h11-12H,6-10H2,1-5H3. The van der Waals surface area contributed by atoms with Crippen LogP contribution in [0.2, 0.25) is 0 Å². The summed E-state index contributed by atoms with van der Waals surface area (Å²) >= 11 is 0. The van der Waals surface area contributed by atoms with Crippen LogP contribution in [0, 0.1) is 11.3 Å². The molecule has 1 fully saturated rings. The zero-order valence-electron chi connectivity index (χ0n) is 12.9. The van der Waals surface area contributed by atoms with E-state index < -0.39 is 11.4 Å². The van der Waals surface area contributed by atoms with Crippen molar-refractivity contribution in [1.82, 2.24) is 4.90 Å². The molecule has 0 aromatic rings. The lowest BCUT2D eigenvalue weighted by molar-refractivity contribution is -0.158. The fraction of sp³-hybridized carbons (Fsp3) is 0.867. The van der Waals surface area contributed by atoms with Crippen molar-refractivity contribution >= 4 is 11.8 Å². The number of esters is 1. The first-order valence-electron chi connectivity index (χ1n) is 7.23. The molecule has 0 radical (unpaired) electrons. The van der Waals surface area contributed by atoms with Crippen molar-refractivity contribution < 1.29 is 14.3 Å². The Morgan fingerprint density at radius 2 is 1.89 bits per heavy atom. The van der Waals surface area contributed by atoms with Gasteiger partial charge in [-0.25, -0.2) is 0 Å². The van der Waals surface area contributed by atoms with Crippen molar-refractivity contribution in [2.75, 3.05) is 19.7 Å². The summed E-state index contributed by atoms with van der Waals surface area (Å²) in [4.78, 5) is 26.4. The molecule has 1 aliphatic carbocycles. The van der Waals surface area contributed by atoms with Crippen molar-refractivity contribution in [2.24, 2.45) is 11.3 Å². The SMILES string of the molecule is CCOC(=O)C(C)(C)C(=O)CN(CC1CC1)C(C)C. The molecular formula is C15H27NO3. The molecule has 4 nitrogen and oxygen atoms in total. The highest BCUT2D eigenvalue weighted by Gasteiger charge is 2.38. The van der Waals surface area contributed by atoms with Gasteiger partial charge in [-0.2, -0.15) is 0 Å². The second-order valence-electron chi connectivity index (χ2n) is 6.24. The summed E-state index contributed by atoms with van der Waals surface area (Å²) in [6.45, 7) is 10.9. The number of rotatable bonds is 8. The number of carbonyl (C=O) groups excluding carboxylic acids is 2. The van der Waals surface area contributed by atoms with E-state index >= 15 is 0 Å². The normalized spacial score (nSPS) is 15.9. The van der Waals surface area contributed by atoms with Gasteiger partial charge >= 0.3 is 5.97 Å². The molecule has 1 aliphatic rings. The van der Waals surface area contributed by atoms with Crippen molar-refractivity contribution in [3.05, 3.63) is 0 Å². The van der Waals surface area contributed by atoms with E-state index in [4.69, 9.17) is 4.74 Å². The van der Waals surface area contributed by atoms with Crippen LogP contribution >= 0.6 is 0 Å². The van der Waals surface area contributed by atoms with E-state index in [2.05, 4.69) is 18.7 Å². The molecule has 0 amide bonds. The van der Waals surface area contributed by atoms with E-state index in [1.165, 1.54) is 12.8 Å². The van der Waals surface area contributed by atoms with Gasteiger partial charge in [0.25, 0.3) is 0 Å². The predicted octanol–water partition coefficient (Wildman–Crippen LogP) is 2.27. The summed E-state index contributed by atoms with van der Waals surface area (Å²) in [5.74, 6) is 0.260. The van der Waals surface area contributed by atoms with E-state index in [9.17, 15) is 9.59 Å². The monoisotopic (exact) mass is 269 g/mol. The lowest BCUT2D eigenvalue weighted by Gasteiger charge is -2.29. The molecule has 0 bridgehead atoms. The topological polar surface area (TPSA) is 46.6 Å². The zero-order valence-corrected chi connectivity index (χ0v) is 12.9. The third kappa shape index (κ3) is 4.60. The molecule has 1 rings (SSSR count). The average molecular weight is 269 g/mol. The Morgan fingerprint density at radius 3 is 2.32 bits per heavy atom. The van der Waals surface area contributed by atoms with Gasteiger partial charge in [0.2, 0.25) is 0 Å². The fourth-order valence-electron chi connectivity index (χ4n) is 1.90. The Hall–Kier alpha value is -0.900. The first kappa shape index (κ1) is 16.2. The van der Waals surface area contributed by atoms with Crippen LogP contribution in [0.25, 0.3) is 0 Å². The van der Waals surface area contributed by atoms with E-state index in [0.29, 0.717) is 19.2 Å². The minimum atomic E-state index is -1.05. The lowest BCUT2D eigenvalue weighted by atomic mass is 9.87. The zero-order chi connectivity index (χ0) is 14.6. The highest BCUT2D eigenvalue weighted by Crippen LogP contribution is 2.30. The maximum atomic E-state index is 12.4. The number of hydrogen-bond donors (Lipinski definition) is 0. The minimum Gasteiger partial charge on any atom is -0.465 e. The van der Waals surface area contributed by atoms with Gasteiger partial charge in [0.05, 0.1) is 13.2 Å². The molecular weight excluding hydrogens is 242 g/mol. The molecule has 0 atom stereocenters. The third-order valence-corrected chi connectivity index (χ3v) is 3.75. The van der Waals surface area contributed by atoms with Crippen molar-refractivity contribution in [1.29, 1.82) is 0 Å². The molecule has 0 N–H and O–H groups in total. The summed E-state index contributed by atoms with van der Waals surface area (Å²) in [6.07, 6.45) is 2.53. The summed E-state index contributed by atoms with van der Waals surface area (Å²) in [7, 11) is 0. The molecule has 0 spiro atoms. The van der Waals surface area contributed by atoms with Gasteiger partial charge < -0.3 is 4.74 Å². The number of ketones is 1. The van der Waals surface area contributed by atoms with Crippen LogP contribution in [0.15, 0.2) is 0 Å². The number of Topliss-reactive ketones (excluding diaryl/α,β-unsaturated/α-hetero) is 1. The number of hydrogen-bond acceptors (Lipinski definition) is 4. The molecule has 0 aliphatic heterocycles. The van der Waals surface area contributed by atoms with Gasteiger partial charge in [0.1, 0.15) is 5.41 Å². The van der Waals surface area contributed by atoms with Crippen LogP contribution in [0.3, 0.4) is 0 Å². The van der Waals surface area contributed by atoms with Crippen LogP contribution in [-0.2, 0) is 14.3 Å². The van der Waals surface area contributed by atoms with Gasteiger partial charge in [-0.05, 0) is 53.4 Å². The van der Waals surface area contributed by atoms with E-state index in [-0.39, 0.29) is 5.78 Å². The predicted molar refractivity (Wildman–Crippen MR) is 74.9 cm³/mol. The molecule has 0 aromatic heterocycles. The Kier molecular flexibility index (Phi) is 5.53. The number of ether oxygens (including phenoxy) is 1. The Balaban J connectivity index is 2.61. The van der Waals surface area contributed by atoms with Gasteiger partial charge in [-0.1, -0.05) is 0 Å². The Morgan fingerprint density at radius 1 is 1.32 bits per heavy atom. The average Bonchev–Trinajstić information content (AvgIpc) is 3.11. The maximum Gasteiger partial charge on any atom is 0.319 e. The number of carbonyl (C=O) groups is 2. The molecule has 0 unspecified atom stereocenters. The summed E-state index contributed by atoms with van der Waals surface area (Å²) in [5, 5.41) is 0. The lowest BCUT2D eigenvalue weighted by Crippen LogP contribution is -2.45. The third-order valence-electron chi connectivity index (χ3n) is 3.75. The summed E-state index contributed by atoms with van der Waals surface area (Å²) in [6, 6.07) is 0.322. The second-order valence-corrected chi connectivity index (χ2v) is 6.24. The van der Waals surface area contributed by atoms with Crippen LogP contribution in [0.4, 0.5) is 0 Å². The Bertz CT molecular complexity index is 332. The largest absolute Gasteiger partial charge is 0.465 e. The van der Waals surface area contributed by atoms with Gasteiger partial charge in [-0.15, -0.1) is 0 Å². The van der Waals surface area contributed by atoms with E-state index in [1.54, 1.807) is 20.8 Å². The van der Waals surface area contributed by atoms with Crippen molar-refractivity contribution in [3.8, 4) is 0 Å². The smallest absolute Gasteiger partial charge is 0.319 e. The highest BCUT2D eigenvalue weighted by molar-refractivity contribution is 6.03. The van der Waals surface area contributed by atoms with Gasteiger partial charge in [0.15, 0.2) is 5.78 Å². The minimum absolute atomic E-state index is 0.0553. The molecule has 110 valence electrons. The van der Waals surface area contributed by atoms with Gasteiger partial charge in [0, 0.05) is 12.6 Å². The molecule has 1 saturated carbocycles. The van der Waals surface area contributed by atoms with Crippen molar-refractivity contribution in [2.45, 2.75) is 53.5 Å².